The van der Waals surface area contributed by atoms with E-state index in [1.54, 1.807) is 0 Å². The van der Waals surface area contributed by atoms with Gasteiger partial charge >= 0.3 is 0 Å². The summed E-state index contributed by atoms with van der Waals surface area (Å²) in [5, 5.41) is 17.8. The summed E-state index contributed by atoms with van der Waals surface area (Å²) in [5.41, 5.74) is 0. The predicted octanol–water partition coefficient (Wildman–Crippen LogP) is 0.164. The summed E-state index contributed by atoms with van der Waals surface area (Å²) in [7, 11) is 0. The Morgan fingerprint density at radius 1 is 1.38 bits per heavy atom. The number of aliphatic hydroxyl groups excluding tert-OH is 1. The van der Waals surface area contributed by atoms with E-state index in [2.05, 4.69) is 4.74 Å². The summed E-state index contributed by atoms with van der Waals surface area (Å²) in [4.78, 5) is 0. The van der Waals surface area contributed by atoms with Crippen LogP contribution in [0.3, 0.4) is 0 Å². The first kappa shape index (κ1) is 7.88. The first-order chi connectivity index (χ1) is 3.91. The third-order valence-corrected chi connectivity index (χ3v) is 0.774. The summed E-state index contributed by atoms with van der Waals surface area (Å²) in [6.45, 7) is 0.215. The Morgan fingerprint density at radius 2 is 2.12 bits per heavy atom. The van der Waals surface area contributed by atoms with E-state index >= 15 is 0 Å². The molecule has 0 spiro atoms. The van der Waals surface area contributed by atoms with Crippen molar-refractivity contribution in [1.29, 1.82) is 0 Å². The SMILES string of the molecule is [O]CCCCOCO. The lowest BCUT2D eigenvalue weighted by Gasteiger charge is -1.95. The van der Waals surface area contributed by atoms with Gasteiger partial charge in [0, 0.05) is 6.61 Å². The molecule has 3 heteroatoms. The summed E-state index contributed by atoms with van der Waals surface area (Å²) < 4.78 is 4.55. The van der Waals surface area contributed by atoms with Crippen LogP contribution in [0.15, 0.2) is 0 Å². The Hall–Kier alpha value is -0.120. The van der Waals surface area contributed by atoms with Crippen molar-refractivity contribution in [2.24, 2.45) is 0 Å². The Morgan fingerprint density at radius 3 is 2.62 bits per heavy atom. The first-order valence-electron chi connectivity index (χ1n) is 2.68. The molecule has 0 bridgehead atoms. The van der Waals surface area contributed by atoms with Crippen molar-refractivity contribution in [3.05, 3.63) is 0 Å². The largest absolute Gasteiger partial charge is 0.371 e. The number of rotatable bonds is 5. The maximum absolute atomic E-state index is 9.77. The minimum atomic E-state index is -0.237. The van der Waals surface area contributed by atoms with E-state index in [1.807, 2.05) is 0 Å². The number of aliphatic hydroxyl groups is 1. The highest BCUT2D eigenvalue weighted by molar-refractivity contribution is 4.32. The van der Waals surface area contributed by atoms with E-state index in [0.29, 0.717) is 13.0 Å². The predicted molar refractivity (Wildman–Crippen MR) is 27.8 cm³/mol. The van der Waals surface area contributed by atoms with Crippen LogP contribution in [0.1, 0.15) is 12.8 Å². The van der Waals surface area contributed by atoms with Gasteiger partial charge in [-0.15, -0.1) is 0 Å². The van der Waals surface area contributed by atoms with Crippen molar-refractivity contribution in [3.63, 3.8) is 0 Å². The molecular weight excluding hydrogens is 108 g/mol. The molecule has 0 amide bonds. The Balaban J connectivity index is 2.53. The molecule has 0 saturated carbocycles. The van der Waals surface area contributed by atoms with Gasteiger partial charge in [0.15, 0.2) is 0 Å². The molecule has 0 aromatic rings. The molecule has 0 heterocycles. The van der Waals surface area contributed by atoms with Crippen molar-refractivity contribution < 1.29 is 14.9 Å². The fraction of sp³-hybridized carbons (Fsp3) is 1.00. The molecule has 0 rings (SSSR count). The number of ether oxygens (including phenoxy) is 1. The van der Waals surface area contributed by atoms with Crippen molar-refractivity contribution in [2.75, 3.05) is 20.0 Å². The van der Waals surface area contributed by atoms with Crippen LogP contribution in [0.2, 0.25) is 0 Å². The topological polar surface area (TPSA) is 49.4 Å². The average molecular weight is 119 g/mol. The molecule has 8 heavy (non-hydrogen) atoms. The van der Waals surface area contributed by atoms with Gasteiger partial charge in [-0.3, -0.25) is 0 Å². The molecule has 0 atom stereocenters. The minimum absolute atomic E-state index is 0.0468. The van der Waals surface area contributed by atoms with Crippen LogP contribution in [0.25, 0.3) is 0 Å². The zero-order chi connectivity index (χ0) is 6.24. The zero-order valence-corrected chi connectivity index (χ0v) is 4.80. The normalized spacial score (nSPS) is 9.75. The lowest BCUT2D eigenvalue weighted by Crippen LogP contribution is -1.95. The summed E-state index contributed by atoms with van der Waals surface area (Å²) in [6, 6.07) is 0. The van der Waals surface area contributed by atoms with Crippen LogP contribution < -0.4 is 0 Å². The Labute approximate surface area is 48.9 Å². The van der Waals surface area contributed by atoms with Crippen LogP contribution >= 0.6 is 0 Å². The van der Waals surface area contributed by atoms with Gasteiger partial charge in [0.2, 0.25) is 0 Å². The monoisotopic (exact) mass is 119 g/mol. The molecule has 3 nitrogen and oxygen atoms in total. The number of unbranched alkanes of at least 4 members (excludes halogenated alkanes) is 1. The first-order valence-corrected chi connectivity index (χ1v) is 2.68. The Bertz CT molecular complexity index is 32.7. The summed E-state index contributed by atoms with van der Waals surface area (Å²) in [5.74, 6) is 0. The van der Waals surface area contributed by atoms with Gasteiger partial charge in [-0.25, -0.2) is 5.11 Å². The fourth-order valence-electron chi connectivity index (χ4n) is 0.371. The van der Waals surface area contributed by atoms with E-state index in [-0.39, 0.29) is 13.4 Å². The number of hydrogen-bond acceptors (Lipinski definition) is 2. The maximum Gasteiger partial charge on any atom is 0.143 e. The summed E-state index contributed by atoms with van der Waals surface area (Å²) in [6.07, 6.45) is 1.39. The lowest BCUT2D eigenvalue weighted by atomic mass is 10.3. The smallest absolute Gasteiger partial charge is 0.143 e. The summed E-state index contributed by atoms with van der Waals surface area (Å²) >= 11 is 0. The molecule has 0 saturated heterocycles. The van der Waals surface area contributed by atoms with Crippen LogP contribution in [0.4, 0.5) is 0 Å². The van der Waals surface area contributed by atoms with E-state index in [0.717, 1.165) is 6.42 Å². The van der Waals surface area contributed by atoms with Crippen LogP contribution in [-0.2, 0) is 9.84 Å². The van der Waals surface area contributed by atoms with Gasteiger partial charge in [0.25, 0.3) is 0 Å². The van der Waals surface area contributed by atoms with E-state index in [1.165, 1.54) is 0 Å². The molecular formula is C5H11O3. The van der Waals surface area contributed by atoms with E-state index in [9.17, 15) is 5.11 Å². The molecule has 49 valence electrons. The quantitative estimate of drug-likeness (QED) is 0.414. The average Bonchev–Trinajstić information content (AvgIpc) is 1.81. The minimum Gasteiger partial charge on any atom is -0.371 e. The van der Waals surface area contributed by atoms with Gasteiger partial charge in [-0.05, 0) is 12.8 Å². The second-order valence-electron chi connectivity index (χ2n) is 1.45. The molecule has 1 radical (unpaired) electrons. The second-order valence-corrected chi connectivity index (χ2v) is 1.45. The van der Waals surface area contributed by atoms with Crippen molar-refractivity contribution in [2.45, 2.75) is 12.8 Å². The molecule has 0 aromatic heterocycles. The van der Waals surface area contributed by atoms with Crippen LogP contribution in [0, 0.1) is 0 Å². The standard InChI is InChI=1S/C5H11O3/c6-3-1-2-4-8-5-7/h7H,1-5H2. The van der Waals surface area contributed by atoms with Crippen molar-refractivity contribution >= 4 is 0 Å². The molecule has 1 N–H and O–H groups in total. The van der Waals surface area contributed by atoms with Crippen LogP contribution in [-0.4, -0.2) is 25.1 Å². The van der Waals surface area contributed by atoms with Gasteiger partial charge in [-0.2, -0.15) is 0 Å². The Kier molecular flexibility index (Phi) is 6.78. The lowest BCUT2D eigenvalue weighted by molar-refractivity contribution is -0.00457. The van der Waals surface area contributed by atoms with Gasteiger partial charge in [0.1, 0.15) is 6.79 Å². The van der Waals surface area contributed by atoms with Gasteiger partial charge < -0.3 is 9.84 Å². The highest BCUT2D eigenvalue weighted by Gasteiger charge is 1.84. The molecule has 0 unspecified atom stereocenters. The van der Waals surface area contributed by atoms with E-state index in [4.69, 9.17) is 5.11 Å². The highest BCUT2D eigenvalue weighted by atomic mass is 16.6. The zero-order valence-electron chi connectivity index (χ0n) is 4.80. The molecule has 0 aromatic carbocycles. The third kappa shape index (κ3) is 5.88. The third-order valence-electron chi connectivity index (χ3n) is 0.774. The molecule has 0 fully saturated rings. The maximum atomic E-state index is 9.77. The van der Waals surface area contributed by atoms with Crippen molar-refractivity contribution in [3.8, 4) is 0 Å². The van der Waals surface area contributed by atoms with Gasteiger partial charge in [0.05, 0.1) is 6.61 Å². The van der Waals surface area contributed by atoms with Crippen LogP contribution in [0.5, 0.6) is 0 Å². The molecule has 0 aliphatic rings. The van der Waals surface area contributed by atoms with Crippen molar-refractivity contribution in [1.82, 2.24) is 0 Å². The molecule has 0 aliphatic heterocycles. The van der Waals surface area contributed by atoms with Gasteiger partial charge in [-0.1, -0.05) is 0 Å². The highest BCUT2D eigenvalue weighted by Crippen LogP contribution is 1.86. The number of hydrogen-bond donors (Lipinski definition) is 1. The van der Waals surface area contributed by atoms with E-state index < -0.39 is 0 Å². The molecule has 0 aliphatic carbocycles. The second kappa shape index (κ2) is 6.88. The fourth-order valence-corrected chi connectivity index (χ4v) is 0.371.